The summed E-state index contributed by atoms with van der Waals surface area (Å²) in [4.78, 5) is 40.8. The molecule has 0 saturated carbocycles. The molecule has 2 aromatic carbocycles. The molecule has 3 aromatic rings. The number of amides is 1. The van der Waals surface area contributed by atoms with Gasteiger partial charge < -0.3 is 15.0 Å². The SMILES string of the molecule is O=C(O)C1CN(C(=O)Cn2c(=O)[nH]c3ccccc32)Cc2ccccc21. The van der Waals surface area contributed by atoms with Crippen LogP contribution < -0.4 is 5.69 Å². The highest BCUT2D eigenvalue weighted by atomic mass is 16.4. The predicted octanol–water partition coefficient (Wildman–Crippen LogP) is 1.54. The minimum absolute atomic E-state index is 0.0995. The smallest absolute Gasteiger partial charge is 0.326 e. The molecular formula is C19H17N3O4. The third-order valence-corrected chi connectivity index (χ3v) is 4.82. The van der Waals surface area contributed by atoms with E-state index in [1.165, 1.54) is 9.47 Å². The summed E-state index contributed by atoms with van der Waals surface area (Å²) < 4.78 is 1.38. The molecule has 1 amide bonds. The quantitative estimate of drug-likeness (QED) is 0.748. The molecule has 0 radical (unpaired) electrons. The van der Waals surface area contributed by atoms with Crippen molar-refractivity contribution in [2.75, 3.05) is 6.54 Å². The van der Waals surface area contributed by atoms with E-state index in [0.29, 0.717) is 17.6 Å². The molecule has 1 atom stereocenters. The van der Waals surface area contributed by atoms with E-state index in [1.807, 2.05) is 18.2 Å². The molecule has 2 N–H and O–H groups in total. The van der Waals surface area contributed by atoms with Gasteiger partial charge in [-0.1, -0.05) is 36.4 Å². The summed E-state index contributed by atoms with van der Waals surface area (Å²) in [6.07, 6.45) is 0. The first-order valence-corrected chi connectivity index (χ1v) is 8.30. The van der Waals surface area contributed by atoms with Gasteiger partial charge in [0.05, 0.1) is 17.0 Å². The van der Waals surface area contributed by atoms with Crippen molar-refractivity contribution in [2.45, 2.75) is 19.0 Å². The van der Waals surface area contributed by atoms with Crippen LogP contribution in [0.25, 0.3) is 11.0 Å². The van der Waals surface area contributed by atoms with E-state index in [4.69, 9.17) is 0 Å². The van der Waals surface area contributed by atoms with Crippen molar-refractivity contribution in [2.24, 2.45) is 0 Å². The molecule has 4 rings (SSSR count). The number of aliphatic carboxylic acids is 1. The van der Waals surface area contributed by atoms with E-state index in [9.17, 15) is 19.5 Å². The van der Waals surface area contributed by atoms with Gasteiger partial charge in [0, 0.05) is 13.1 Å². The molecule has 1 aliphatic heterocycles. The van der Waals surface area contributed by atoms with Crippen LogP contribution in [0.1, 0.15) is 17.0 Å². The second kappa shape index (κ2) is 6.18. The Morgan fingerprint density at radius 3 is 2.65 bits per heavy atom. The fourth-order valence-corrected chi connectivity index (χ4v) is 3.51. The topological polar surface area (TPSA) is 95.4 Å². The number of imidazole rings is 1. The van der Waals surface area contributed by atoms with Crippen molar-refractivity contribution in [3.05, 3.63) is 70.1 Å². The Kier molecular flexibility index (Phi) is 3.84. The van der Waals surface area contributed by atoms with Gasteiger partial charge in [-0.25, -0.2) is 4.79 Å². The average Bonchev–Trinajstić information content (AvgIpc) is 2.96. The number of aromatic nitrogens is 2. The van der Waals surface area contributed by atoms with Crippen LogP contribution >= 0.6 is 0 Å². The predicted molar refractivity (Wildman–Crippen MR) is 94.8 cm³/mol. The second-order valence-corrected chi connectivity index (χ2v) is 6.40. The molecule has 2 heterocycles. The number of carboxylic acids is 1. The number of carbonyl (C=O) groups is 2. The number of carbonyl (C=O) groups excluding carboxylic acids is 1. The maximum atomic E-state index is 12.8. The first-order chi connectivity index (χ1) is 12.5. The zero-order valence-electron chi connectivity index (χ0n) is 13.9. The third kappa shape index (κ3) is 2.67. The number of rotatable bonds is 3. The van der Waals surface area contributed by atoms with E-state index >= 15 is 0 Å². The minimum Gasteiger partial charge on any atom is -0.481 e. The van der Waals surface area contributed by atoms with Crippen LogP contribution in [0.15, 0.2) is 53.3 Å². The lowest BCUT2D eigenvalue weighted by Crippen LogP contribution is -2.42. The van der Waals surface area contributed by atoms with Gasteiger partial charge in [-0.15, -0.1) is 0 Å². The fraction of sp³-hybridized carbons (Fsp3) is 0.211. The maximum absolute atomic E-state index is 12.8. The van der Waals surface area contributed by atoms with Gasteiger partial charge in [-0.2, -0.15) is 0 Å². The number of fused-ring (bicyclic) bond motifs is 2. The van der Waals surface area contributed by atoms with Crippen molar-refractivity contribution in [3.8, 4) is 0 Å². The van der Waals surface area contributed by atoms with Gasteiger partial charge in [0.2, 0.25) is 5.91 Å². The van der Waals surface area contributed by atoms with Gasteiger partial charge >= 0.3 is 11.7 Å². The van der Waals surface area contributed by atoms with Crippen LogP contribution in [0.2, 0.25) is 0 Å². The summed E-state index contributed by atoms with van der Waals surface area (Å²) in [5, 5.41) is 9.53. The molecule has 0 spiro atoms. The normalized spacial score (nSPS) is 16.5. The molecule has 26 heavy (non-hydrogen) atoms. The van der Waals surface area contributed by atoms with Crippen molar-refractivity contribution < 1.29 is 14.7 Å². The molecule has 132 valence electrons. The lowest BCUT2D eigenvalue weighted by atomic mass is 9.90. The second-order valence-electron chi connectivity index (χ2n) is 6.40. The molecule has 0 bridgehead atoms. The lowest BCUT2D eigenvalue weighted by molar-refractivity contribution is -0.141. The van der Waals surface area contributed by atoms with Crippen molar-refractivity contribution in [1.29, 1.82) is 0 Å². The number of nitrogens with one attached hydrogen (secondary N) is 1. The van der Waals surface area contributed by atoms with E-state index in [2.05, 4.69) is 4.98 Å². The molecule has 7 nitrogen and oxygen atoms in total. The van der Waals surface area contributed by atoms with Crippen LogP contribution in [0.4, 0.5) is 0 Å². The summed E-state index contributed by atoms with van der Waals surface area (Å²) in [5.41, 5.74) is 2.53. The lowest BCUT2D eigenvalue weighted by Gasteiger charge is -2.32. The van der Waals surface area contributed by atoms with Crippen LogP contribution in [-0.4, -0.2) is 38.0 Å². The molecular weight excluding hydrogens is 334 g/mol. The molecule has 1 aliphatic rings. The number of benzene rings is 2. The highest BCUT2D eigenvalue weighted by Crippen LogP contribution is 2.28. The molecule has 0 fully saturated rings. The van der Waals surface area contributed by atoms with Crippen molar-refractivity contribution >= 4 is 22.9 Å². The highest BCUT2D eigenvalue weighted by molar-refractivity contribution is 5.83. The summed E-state index contributed by atoms with van der Waals surface area (Å²) in [6.45, 7) is 0.315. The first-order valence-electron chi connectivity index (χ1n) is 8.30. The zero-order chi connectivity index (χ0) is 18.3. The molecule has 7 heteroatoms. The van der Waals surface area contributed by atoms with Crippen LogP contribution in [0.5, 0.6) is 0 Å². The van der Waals surface area contributed by atoms with Gasteiger partial charge in [0.1, 0.15) is 6.54 Å². The first kappa shape index (κ1) is 16.1. The van der Waals surface area contributed by atoms with Crippen LogP contribution in [0.3, 0.4) is 0 Å². The summed E-state index contributed by atoms with van der Waals surface area (Å²) in [7, 11) is 0. The Labute approximate surface area is 148 Å². The molecule has 0 aliphatic carbocycles. The van der Waals surface area contributed by atoms with Crippen molar-refractivity contribution in [3.63, 3.8) is 0 Å². The summed E-state index contributed by atoms with van der Waals surface area (Å²) >= 11 is 0. The van der Waals surface area contributed by atoms with E-state index < -0.39 is 11.9 Å². The maximum Gasteiger partial charge on any atom is 0.326 e. The van der Waals surface area contributed by atoms with Crippen LogP contribution in [0, 0.1) is 0 Å². The Bertz CT molecular complexity index is 1070. The number of H-pyrrole nitrogens is 1. The Morgan fingerprint density at radius 2 is 1.85 bits per heavy atom. The Balaban J connectivity index is 1.64. The number of nitrogens with zero attached hydrogens (tertiary/aromatic N) is 2. The van der Waals surface area contributed by atoms with Gasteiger partial charge in [-0.05, 0) is 23.3 Å². The number of carboxylic acid groups (broad SMARTS) is 1. The average molecular weight is 351 g/mol. The number of aromatic amines is 1. The van der Waals surface area contributed by atoms with Crippen molar-refractivity contribution in [1.82, 2.24) is 14.5 Å². The fourth-order valence-electron chi connectivity index (χ4n) is 3.51. The summed E-state index contributed by atoms with van der Waals surface area (Å²) in [6, 6.07) is 14.4. The van der Waals surface area contributed by atoms with Crippen LogP contribution in [-0.2, 0) is 22.7 Å². The number of hydrogen-bond acceptors (Lipinski definition) is 3. The molecule has 1 unspecified atom stereocenters. The number of para-hydroxylation sites is 2. The highest BCUT2D eigenvalue weighted by Gasteiger charge is 2.32. The summed E-state index contributed by atoms with van der Waals surface area (Å²) in [5.74, 6) is -2.00. The standard InChI is InChI=1S/C19H17N3O4/c23-17(11-22-16-8-4-3-7-15(16)20-19(22)26)21-9-12-5-1-2-6-13(12)14(10-21)18(24)25/h1-8,14H,9-11H2,(H,20,26)(H,24,25). The molecule has 1 aromatic heterocycles. The molecule has 0 saturated heterocycles. The monoisotopic (exact) mass is 351 g/mol. The van der Waals surface area contributed by atoms with Gasteiger partial charge in [0.25, 0.3) is 0 Å². The minimum atomic E-state index is -0.959. The van der Waals surface area contributed by atoms with E-state index in [1.54, 1.807) is 30.3 Å². The Morgan fingerprint density at radius 1 is 1.12 bits per heavy atom. The number of hydrogen-bond donors (Lipinski definition) is 2. The Hall–Kier alpha value is -3.35. The third-order valence-electron chi connectivity index (χ3n) is 4.82. The van der Waals surface area contributed by atoms with E-state index in [-0.39, 0.29) is 24.7 Å². The van der Waals surface area contributed by atoms with Gasteiger partial charge in [-0.3, -0.25) is 14.2 Å². The largest absolute Gasteiger partial charge is 0.481 e. The zero-order valence-corrected chi connectivity index (χ0v) is 13.9. The van der Waals surface area contributed by atoms with E-state index in [0.717, 1.165) is 11.1 Å². The van der Waals surface area contributed by atoms with Gasteiger partial charge in [0.15, 0.2) is 0 Å².